The van der Waals surface area contributed by atoms with E-state index in [2.05, 4.69) is 57.4 Å². The molecule has 1 fully saturated rings. The van der Waals surface area contributed by atoms with Crippen molar-refractivity contribution in [3.8, 4) is 0 Å². The highest BCUT2D eigenvalue weighted by atomic mass is 16.2. The van der Waals surface area contributed by atoms with Gasteiger partial charge in [0.15, 0.2) is 0 Å². The second-order valence-electron chi connectivity index (χ2n) is 10.1. The Morgan fingerprint density at radius 1 is 0.784 bits per heavy atom. The first-order valence-corrected chi connectivity index (χ1v) is 12.9. The summed E-state index contributed by atoms with van der Waals surface area (Å²) in [6.45, 7) is 9.08. The fourth-order valence-corrected chi connectivity index (χ4v) is 5.62. The Balaban J connectivity index is 1.13. The van der Waals surface area contributed by atoms with Crippen LogP contribution < -0.4 is 4.90 Å². The summed E-state index contributed by atoms with van der Waals surface area (Å²) in [5.41, 5.74) is 5.19. The molecule has 3 aromatic carbocycles. The third kappa shape index (κ3) is 4.40. The number of carbonyl (C=O) groups excluding carboxylic acids is 2. The van der Waals surface area contributed by atoms with Gasteiger partial charge in [0.25, 0.3) is 11.8 Å². The molecule has 7 heteroatoms. The molecule has 1 aromatic heterocycles. The summed E-state index contributed by atoms with van der Waals surface area (Å²) in [6, 6.07) is 22.8. The number of fused-ring (bicyclic) bond motifs is 2. The predicted molar refractivity (Wildman–Crippen MR) is 145 cm³/mol. The van der Waals surface area contributed by atoms with Crippen molar-refractivity contribution in [2.75, 3.05) is 37.6 Å². The minimum atomic E-state index is -0.210. The molecular weight excluding hydrogens is 462 g/mol. The van der Waals surface area contributed by atoms with Crippen LogP contribution >= 0.6 is 0 Å². The van der Waals surface area contributed by atoms with Crippen molar-refractivity contribution >= 4 is 28.3 Å². The van der Waals surface area contributed by atoms with Gasteiger partial charge in [-0.3, -0.25) is 24.1 Å². The molecule has 0 saturated carbocycles. The summed E-state index contributed by atoms with van der Waals surface area (Å²) in [4.78, 5) is 32.7. The zero-order chi connectivity index (χ0) is 25.5. The molecule has 0 aliphatic carbocycles. The van der Waals surface area contributed by atoms with Gasteiger partial charge in [-0.2, -0.15) is 5.10 Å². The van der Waals surface area contributed by atoms with Crippen molar-refractivity contribution in [2.24, 2.45) is 0 Å². The van der Waals surface area contributed by atoms with Crippen LogP contribution in [0.4, 0.5) is 5.69 Å². The predicted octanol–water partition coefficient (Wildman–Crippen LogP) is 4.27. The average Bonchev–Trinajstić information content (AvgIpc) is 3.36. The van der Waals surface area contributed by atoms with E-state index >= 15 is 0 Å². The maximum atomic E-state index is 13.4. The van der Waals surface area contributed by atoms with E-state index in [4.69, 9.17) is 0 Å². The Kier molecular flexibility index (Phi) is 6.00. The van der Waals surface area contributed by atoms with Crippen LogP contribution in [-0.2, 0) is 13.1 Å². The van der Waals surface area contributed by atoms with Crippen LogP contribution in [0.2, 0.25) is 0 Å². The number of imide groups is 1. The van der Waals surface area contributed by atoms with E-state index < -0.39 is 0 Å². The summed E-state index contributed by atoms with van der Waals surface area (Å²) < 4.78 is 1.86. The highest BCUT2D eigenvalue weighted by Gasteiger charge is 2.38. The number of aromatic nitrogens is 2. The van der Waals surface area contributed by atoms with Crippen LogP contribution in [-0.4, -0.2) is 64.1 Å². The Hall–Kier alpha value is -3.97. The fourth-order valence-electron chi connectivity index (χ4n) is 5.62. The molecule has 37 heavy (non-hydrogen) atoms. The van der Waals surface area contributed by atoms with Gasteiger partial charge in [0.1, 0.15) is 0 Å². The molecule has 188 valence electrons. The normalized spacial score (nSPS) is 16.2. The van der Waals surface area contributed by atoms with E-state index in [0.717, 1.165) is 49.8 Å². The lowest BCUT2D eigenvalue weighted by atomic mass is 10.1. The summed E-state index contributed by atoms with van der Waals surface area (Å²) in [5, 5.41) is 7.00. The van der Waals surface area contributed by atoms with E-state index in [1.165, 1.54) is 21.2 Å². The van der Waals surface area contributed by atoms with Crippen molar-refractivity contribution in [3.63, 3.8) is 0 Å². The number of benzene rings is 3. The first kappa shape index (κ1) is 23.4. The van der Waals surface area contributed by atoms with Crippen molar-refractivity contribution in [1.82, 2.24) is 19.6 Å². The third-order valence-electron chi connectivity index (χ3n) is 7.55. The molecule has 2 amide bonds. The molecule has 6 rings (SSSR count). The van der Waals surface area contributed by atoms with Crippen LogP contribution in [0.5, 0.6) is 0 Å². The zero-order valence-electron chi connectivity index (χ0n) is 21.4. The Morgan fingerprint density at radius 2 is 1.57 bits per heavy atom. The summed E-state index contributed by atoms with van der Waals surface area (Å²) in [7, 11) is 0. The number of anilines is 1. The Morgan fingerprint density at radius 3 is 2.32 bits per heavy atom. The number of amides is 2. The Bertz CT molecular complexity index is 1500. The van der Waals surface area contributed by atoms with Gasteiger partial charge in [-0.25, -0.2) is 0 Å². The van der Waals surface area contributed by atoms with Gasteiger partial charge in [-0.1, -0.05) is 42.5 Å². The molecule has 0 bridgehead atoms. The molecule has 1 saturated heterocycles. The first-order valence-electron chi connectivity index (χ1n) is 12.9. The third-order valence-corrected chi connectivity index (χ3v) is 7.55. The minimum Gasteiger partial charge on any atom is -0.368 e. The van der Waals surface area contributed by atoms with Gasteiger partial charge >= 0.3 is 0 Å². The van der Waals surface area contributed by atoms with Crippen molar-refractivity contribution in [3.05, 3.63) is 94.8 Å². The maximum absolute atomic E-state index is 13.4. The summed E-state index contributed by atoms with van der Waals surface area (Å²) in [5.74, 6) is -0.408. The van der Waals surface area contributed by atoms with E-state index in [1.807, 2.05) is 36.7 Å². The molecule has 3 heterocycles. The van der Waals surface area contributed by atoms with Crippen LogP contribution in [0.1, 0.15) is 37.7 Å². The number of hydrogen-bond acceptors (Lipinski definition) is 5. The highest BCUT2D eigenvalue weighted by molar-refractivity contribution is 6.23. The lowest BCUT2D eigenvalue weighted by Crippen LogP contribution is -2.46. The molecule has 2 aliphatic rings. The van der Waals surface area contributed by atoms with Gasteiger partial charge in [-0.05, 0) is 54.4 Å². The van der Waals surface area contributed by atoms with Gasteiger partial charge in [0, 0.05) is 45.0 Å². The molecule has 2 aliphatic heterocycles. The lowest BCUT2D eigenvalue weighted by molar-refractivity contribution is 0.0647. The fraction of sp³-hybridized carbons (Fsp3) is 0.300. The van der Waals surface area contributed by atoms with Gasteiger partial charge in [0.2, 0.25) is 0 Å². The SMILES string of the molecule is Cc1cc(C)n(CCN2C(=O)c3cccc(N4CCN(Cc5ccc6ccccc6c5)CC4)c3C2=O)n1. The largest absolute Gasteiger partial charge is 0.368 e. The summed E-state index contributed by atoms with van der Waals surface area (Å²) in [6.07, 6.45) is 0. The maximum Gasteiger partial charge on any atom is 0.263 e. The second kappa shape index (κ2) is 9.48. The average molecular weight is 494 g/mol. The van der Waals surface area contributed by atoms with E-state index in [9.17, 15) is 9.59 Å². The van der Waals surface area contributed by atoms with Crippen LogP contribution in [0, 0.1) is 13.8 Å². The van der Waals surface area contributed by atoms with Gasteiger partial charge in [-0.15, -0.1) is 0 Å². The van der Waals surface area contributed by atoms with Crippen molar-refractivity contribution in [1.29, 1.82) is 0 Å². The molecule has 0 radical (unpaired) electrons. The number of piperazine rings is 1. The molecule has 7 nitrogen and oxygen atoms in total. The minimum absolute atomic E-state index is 0.198. The van der Waals surface area contributed by atoms with Crippen LogP contribution in [0.25, 0.3) is 10.8 Å². The monoisotopic (exact) mass is 493 g/mol. The quantitative estimate of drug-likeness (QED) is 0.376. The van der Waals surface area contributed by atoms with Crippen LogP contribution in [0.3, 0.4) is 0 Å². The van der Waals surface area contributed by atoms with E-state index in [0.29, 0.717) is 24.2 Å². The lowest BCUT2D eigenvalue weighted by Gasteiger charge is -2.36. The molecule has 0 N–H and O–H groups in total. The van der Waals surface area contributed by atoms with Gasteiger partial charge < -0.3 is 4.90 Å². The number of hydrogen-bond donors (Lipinski definition) is 0. The number of aryl methyl sites for hydroxylation is 2. The van der Waals surface area contributed by atoms with E-state index in [-0.39, 0.29) is 11.8 Å². The molecule has 0 spiro atoms. The van der Waals surface area contributed by atoms with Crippen LogP contribution in [0.15, 0.2) is 66.7 Å². The van der Waals surface area contributed by atoms with Crippen molar-refractivity contribution < 1.29 is 9.59 Å². The topological polar surface area (TPSA) is 61.7 Å². The molecule has 4 aromatic rings. The first-order chi connectivity index (χ1) is 18.0. The van der Waals surface area contributed by atoms with Crippen molar-refractivity contribution in [2.45, 2.75) is 26.9 Å². The highest BCUT2D eigenvalue weighted by Crippen LogP contribution is 2.32. The zero-order valence-corrected chi connectivity index (χ0v) is 21.4. The summed E-state index contributed by atoms with van der Waals surface area (Å²) >= 11 is 0. The molecule has 0 unspecified atom stereocenters. The number of carbonyl (C=O) groups is 2. The smallest absolute Gasteiger partial charge is 0.263 e. The number of nitrogens with zero attached hydrogens (tertiary/aromatic N) is 5. The second-order valence-corrected chi connectivity index (χ2v) is 10.1. The Labute approximate surface area is 216 Å². The van der Waals surface area contributed by atoms with E-state index in [1.54, 1.807) is 6.07 Å². The molecule has 0 atom stereocenters. The standard InChI is InChI=1S/C30H31N5O2/c1-21-18-22(2)35(31-21)17-16-34-29(36)26-8-5-9-27(28(26)30(34)37)33-14-12-32(13-15-33)20-23-10-11-24-6-3-4-7-25(24)19-23/h3-11,18-19H,12-17,20H2,1-2H3. The van der Waals surface area contributed by atoms with Gasteiger partial charge in [0.05, 0.1) is 29.1 Å². The molecular formula is C30H31N5O2. The number of rotatable bonds is 6.